The van der Waals surface area contributed by atoms with Gasteiger partial charge in [0, 0.05) is 11.3 Å². The second-order valence-electron chi connectivity index (χ2n) is 5.10. The van der Waals surface area contributed by atoms with Gasteiger partial charge in [0.1, 0.15) is 0 Å². The zero-order valence-electron chi connectivity index (χ0n) is 13.2. The Balaban J connectivity index is 1.81. The zero-order valence-corrected chi connectivity index (χ0v) is 14.0. The summed E-state index contributed by atoms with van der Waals surface area (Å²) in [5, 5.41) is 12.9. The van der Waals surface area contributed by atoms with E-state index in [1.807, 2.05) is 31.2 Å². The summed E-state index contributed by atoms with van der Waals surface area (Å²) in [6.07, 6.45) is 1.34. The first kappa shape index (κ1) is 17.7. The molecule has 1 amide bonds. The number of amides is 1. The first-order chi connectivity index (χ1) is 11.6. The van der Waals surface area contributed by atoms with Gasteiger partial charge in [-0.2, -0.15) is 5.10 Å². The molecule has 0 atom stereocenters. The van der Waals surface area contributed by atoms with Gasteiger partial charge in [-0.05, 0) is 24.1 Å². The lowest BCUT2D eigenvalue weighted by molar-refractivity contribution is -0.118. The third-order valence-corrected chi connectivity index (χ3v) is 4.32. The van der Waals surface area contributed by atoms with Gasteiger partial charge in [0.25, 0.3) is 0 Å². The summed E-state index contributed by atoms with van der Waals surface area (Å²) in [7, 11) is 0. The van der Waals surface area contributed by atoms with Crippen LogP contribution in [0.25, 0.3) is 0 Å². The maximum Gasteiger partial charge on any atom is 0.336 e. The molecule has 124 valence electrons. The lowest BCUT2D eigenvalue weighted by atomic mass is 10.1. The zero-order chi connectivity index (χ0) is 17.4. The molecule has 6 heteroatoms. The lowest BCUT2D eigenvalue weighted by Gasteiger charge is -2.04. The Morgan fingerprint density at radius 2 is 1.88 bits per heavy atom. The van der Waals surface area contributed by atoms with E-state index >= 15 is 0 Å². The van der Waals surface area contributed by atoms with Crippen LogP contribution in [-0.4, -0.2) is 29.0 Å². The van der Waals surface area contributed by atoms with Crippen LogP contribution in [0.5, 0.6) is 0 Å². The van der Waals surface area contributed by atoms with Gasteiger partial charge in [0.05, 0.1) is 17.5 Å². The van der Waals surface area contributed by atoms with Crippen molar-refractivity contribution in [3.63, 3.8) is 0 Å². The van der Waals surface area contributed by atoms with Crippen LogP contribution in [0.1, 0.15) is 27.0 Å². The number of nitrogens with zero attached hydrogens (tertiary/aromatic N) is 1. The number of benzene rings is 2. The normalized spacial score (nSPS) is 10.7. The van der Waals surface area contributed by atoms with Crippen molar-refractivity contribution in [1.82, 2.24) is 5.43 Å². The van der Waals surface area contributed by atoms with Gasteiger partial charge in [-0.1, -0.05) is 42.5 Å². The van der Waals surface area contributed by atoms with Crippen LogP contribution in [-0.2, 0) is 10.5 Å². The number of carbonyl (C=O) groups excluding carboxylic acids is 1. The molecule has 0 bridgehead atoms. The van der Waals surface area contributed by atoms with Crippen molar-refractivity contribution in [3.05, 3.63) is 70.8 Å². The Hall–Kier alpha value is -2.60. The maximum atomic E-state index is 11.8. The first-order valence-corrected chi connectivity index (χ1v) is 8.50. The SMILES string of the molecule is Cc1ccccc1CSCC(=O)N/N=C\c1ccccc1C(=O)O. The number of hydrogen-bond acceptors (Lipinski definition) is 4. The molecule has 24 heavy (non-hydrogen) atoms. The minimum atomic E-state index is -1.03. The van der Waals surface area contributed by atoms with Gasteiger partial charge in [-0.25, -0.2) is 10.2 Å². The molecule has 2 N–H and O–H groups in total. The van der Waals surface area contributed by atoms with Crippen LogP contribution in [0.15, 0.2) is 53.6 Å². The molecule has 5 nitrogen and oxygen atoms in total. The molecule has 0 unspecified atom stereocenters. The van der Waals surface area contributed by atoms with Crippen molar-refractivity contribution in [3.8, 4) is 0 Å². The minimum Gasteiger partial charge on any atom is -0.478 e. The van der Waals surface area contributed by atoms with Crippen LogP contribution in [0.2, 0.25) is 0 Å². The summed E-state index contributed by atoms with van der Waals surface area (Å²) in [6.45, 7) is 2.04. The molecular weight excluding hydrogens is 324 g/mol. The molecule has 2 rings (SSSR count). The largest absolute Gasteiger partial charge is 0.478 e. The molecule has 0 saturated carbocycles. The van der Waals surface area contributed by atoms with Crippen molar-refractivity contribution in [1.29, 1.82) is 0 Å². The number of carboxylic acids is 1. The molecule has 0 radical (unpaired) electrons. The molecule has 2 aromatic carbocycles. The average Bonchev–Trinajstić information content (AvgIpc) is 2.57. The van der Waals surface area contributed by atoms with Crippen LogP contribution >= 0.6 is 11.8 Å². The van der Waals surface area contributed by atoms with Gasteiger partial charge in [0.15, 0.2) is 0 Å². The predicted octanol–water partition coefficient (Wildman–Crippen LogP) is 3.08. The van der Waals surface area contributed by atoms with Crippen LogP contribution in [0.4, 0.5) is 0 Å². The van der Waals surface area contributed by atoms with Gasteiger partial charge >= 0.3 is 5.97 Å². The topological polar surface area (TPSA) is 78.8 Å². The summed E-state index contributed by atoms with van der Waals surface area (Å²) >= 11 is 1.50. The molecular formula is C18H18N2O3S. The fourth-order valence-corrected chi connectivity index (χ4v) is 2.93. The number of carbonyl (C=O) groups is 2. The van der Waals surface area contributed by atoms with E-state index in [0.29, 0.717) is 5.56 Å². The quantitative estimate of drug-likeness (QED) is 0.599. The van der Waals surface area contributed by atoms with Gasteiger partial charge in [0.2, 0.25) is 5.91 Å². The second kappa shape index (κ2) is 8.88. The van der Waals surface area contributed by atoms with E-state index in [1.54, 1.807) is 18.2 Å². The molecule has 0 aliphatic rings. The standard InChI is InChI=1S/C18H18N2O3S/c1-13-6-2-3-8-15(13)11-24-12-17(21)20-19-10-14-7-4-5-9-16(14)18(22)23/h2-10H,11-12H2,1H3,(H,20,21)(H,22,23)/b19-10-. The molecule has 0 aliphatic carbocycles. The number of carboxylic acid groups (broad SMARTS) is 1. The second-order valence-corrected chi connectivity index (χ2v) is 6.09. The summed E-state index contributed by atoms with van der Waals surface area (Å²) in [5.74, 6) is -0.215. The van der Waals surface area contributed by atoms with Crippen molar-refractivity contribution >= 4 is 29.9 Å². The van der Waals surface area contributed by atoms with E-state index in [0.717, 1.165) is 5.75 Å². The maximum absolute atomic E-state index is 11.8. The molecule has 0 spiro atoms. The van der Waals surface area contributed by atoms with E-state index in [-0.39, 0.29) is 17.2 Å². The van der Waals surface area contributed by atoms with Crippen molar-refractivity contribution in [2.24, 2.45) is 5.10 Å². The van der Waals surface area contributed by atoms with E-state index in [1.165, 1.54) is 35.2 Å². The van der Waals surface area contributed by atoms with E-state index in [2.05, 4.69) is 10.5 Å². The van der Waals surface area contributed by atoms with E-state index in [4.69, 9.17) is 5.11 Å². The Morgan fingerprint density at radius 3 is 2.62 bits per heavy atom. The fourth-order valence-electron chi connectivity index (χ4n) is 2.04. The Bertz CT molecular complexity index is 759. The predicted molar refractivity (Wildman–Crippen MR) is 96.5 cm³/mol. The van der Waals surface area contributed by atoms with Crippen molar-refractivity contribution < 1.29 is 14.7 Å². The fraction of sp³-hybridized carbons (Fsp3) is 0.167. The Kier molecular flexibility index (Phi) is 6.57. The first-order valence-electron chi connectivity index (χ1n) is 7.34. The average molecular weight is 342 g/mol. The van der Waals surface area contributed by atoms with Gasteiger partial charge < -0.3 is 5.11 Å². The summed E-state index contributed by atoms with van der Waals surface area (Å²) in [6, 6.07) is 14.5. The third kappa shape index (κ3) is 5.24. The van der Waals surface area contributed by atoms with E-state index in [9.17, 15) is 9.59 Å². The summed E-state index contributed by atoms with van der Waals surface area (Å²) < 4.78 is 0. The highest BCUT2D eigenvalue weighted by Gasteiger charge is 2.07. The number of nitrogens with one attached hydrogen (secondary N) is 1. The van der Waals surface area contributed by atoms with Crippen LogP contribution in [0.3, 0.4) is 0 Å². The lowest BCUT2D eigenvalue weighted by Crippen LogP contribution is -2.20. The molecule has 0 fully saturated rings. The number of aryl methyl sites for hydroxylation is 1. The number of hydrogen-bond donors (Lipinski definition) is 2. The molecule has 2 aromatic rings. The third-order valence-electron chi connectivity index (χ3n) is 3.34. The molecule has 0 saturated heterocycles. The van der Waals surface area contributed by atoms with E-state index < -0.39 is 5.97 Å². The number of aromatic carboxylic acids is 1. The number of hydrazone groups is 1. The molecule has 0 aliphatic heterocycles. The summed E-state index contributed by atoms with van der Waals surface area (Å²) in [4.78, 5) is 22.8. The smallest absolute Gasteiger partial charge is 0.336 e. The van der Waals surface area contributed by atoms with Crippen LogP contribution in [0, 0.1) is 6.92 Å². The van der Waals surface area contributed by atoms with Crippen molar-refractivity contribution in [2.75, 3.05) is 5.75 Å². The van der Waals surface area contributed by atoms with Gasteiger partial charge in [-0.3, -0.25) is 4.79 Å². The highest BCUT2D eigenvalue weighted by atomic mass is 32.2. The molecule has 0 heterocycles. The monoisotopic (exact) mass is 342 g/mol. The highest BCUT2D eigenvalue weighted by molar-refractivity contribution is 7.99. The Morgan fingerprint density at radius 1 is 1.17 bits per heavy atom. The molecule has 0 aromatic heterocycles. The number of thioether (sulfide) groups is 1. The van der Waals surface area contributed by atoms with Crippen LogP contribution < -0.4 is 5.43 Å². The number of rotatable bonds is 7. The minimum absolute atomic E-state index is 0.143. The van der Waals surface area contributed by atoms with Crippen molar-refractivity contribution in [2.45, 2.75) is 12.7 Å². The summed E-state index contributed by atoms with van der Waals surface area (Å²) in [5.41, 5.74) is 5.41. The Labute approximate surface area is 144 Å². The van der Waals surface area contributed by atoms with Gasteiger partial charge in [-0.15, -0.1) is 11.8 Å². The highest BCUT2D eigenvalue weighted by Crippen LogP contribution is 2.15.